The molecule has 2 aromatic heterocycles. The summed E-state index contributed by atoms with van der Waals surface area (Å²) in [5.74, 6) is 2.97. The average molecular weight is 925 g/mol. The minimum atomic E-state index is -0.216. The second-order valence-electron chi connectivity index (χ2n) is 20.1. The second kappa shape index (κ2) is 15.0. The lowest BCUT2D eigenvalue weighted by Crippen LogP contribution is -2.61. The van der Waals surface area contributed by atoms with Crippen LogP contribution >= 0.6 is 0 Å². The molecule has 15 rings (SSSR count). The topological polar surface area (TPSA) is 69.7 Å². The molecular formula is C62H45BN2O6. The van der Waals surface area contributed by atoms with Crippen LogP contribution in [-0.4, -0.2) is 33.1 Å². The van der Waals surface area contributed by atoms with Crippen LogP contribution in [0.3, 0.4) is 0 Å². The molecule has 0 saturated heterocycles. The minimum Gasteiger partial charge on any atom is -0.486 e. The van der Waals surface area contributed by atoms with Gasteiger partial charge in [0.2, 0.25) is 0 Å². The summed E-state index contributed by atoms with van der Waals surface area (Å²) in [4.78, 5) is 4.90. The molecule has 9 heteroatoms. The number of furan rings is 2. The largest absolute Gasteiger partial charge is 0.486 e. The third kappa shape index (κ3) is 6.18. The highest BCUT2D eigenvalue weighted by Crippen LogP contribution is 2.50. The molecule has 6 heterocycles. The van der Waals surface area contributed by atoms with Crippen LogP contribution in [0.5, 0.6) is 23.0 Å². The van der Waals surface area contributed by atoms with Crippen LogP contribution < -0.4 is 45.1 Å². The molecule has 4 aliphatic rings. The lowest BCUT2D eigenvalue weighted by molar-refractivity contribution is 0.171. The fraction of sp³-hybridized carbons (Fsp3) is 0.129. The first-order valence-electron chi connectivity index (χ1n) is 24.5. The molecule has 0 N–H and O–H groups in total. The predicted octanol–water partition coefficient (Wildman–Crippen LogP) is 13.7. The van der Waals surface area contributed by atoms with Crippen LogP contribution in [-0.2, 0) is 5.41 Å². The third-order valence-corrected chi connectivity index (χ3v) is 14.9. The van der Waals surface area contributed by atoms with E-state index in [1.807, 2.05) is 30.3 Å². The summed E-state index contributed by atoms with van der Waals surface area (Å²) in [6.07, 6.45) is 0. The first kappa shape index (κ1) is 40.3. The summed E-state index contributed by atoms with van der Waals surface area (Å²) < 4.78 is 38.0. The van der Waals surface area contributed by atoms with Crippen molar-refractivity contribution in [2.24, 2.45) is 0 Å². The Balaban J connectivity index is 0.993. The van der Waals surface area contributed by atoms with Gasteiger partial charge in [-0.25, -0.2) is 0 Å². The molecule has 11 aromatic rings. The Bertz CT molecular complexity index is 4050. The second-order valence-corrected chi connectivity index (χ2v) is 20.1. The molecule has 0 amide bonds. The zero-order chi connectivity index (χ0) is 47.1. The lowest BCUT2D eigenvalue weighted by atomic mass is 9.33. The van der Waals surface area contributed by atoms with Crippen LogP contribution in [0.25, 0.3) is 66.1 Å². The van der Waals surface area contributed by atoms with E-state index in [1.54, 1.807) is 0 Å². The minimum absolute atomic E-state index is 0.162. The number of hydrogen-bond acceptors (Lipinski definition) is 8. The van der Waals surface area contributed by atoms with Crippen molar-refractivity contribution >= 4 is 101 Å². The maximum atomic E-state index is 6.47. The Kier molecular flexibility index (Phi) is 8.51. The van der Waals surface area contributed by atoms with E-state index in [2.05, 4.69) is 170 Å². The first-order chi connectivity index (χ1) is 34.8. The van der Waals surface area contributed by atoms with Gasteiger partial charge in [0.1, 0.15) is 48.8 Å². The molecule has 0 unspecified atom stereocenters. The molecule has 0 saturated carbocycles. The van der Waals surface area contributed by atoms with Crippen molar-refractivity contribution in [1.82, 2.24) is 0 Å². The number of ether oxygens (including phenoxy) is 4. The summed E-state index contributed by atoms with van der Waals surface area (Å²) in [5, 5.41) is 4.45. The van der Waals surface area contributed by atoms with Crippen molar-refractivity contribution in [3.8, 4) is 45.3 Å². The maximum Gasteiger partial charge on any atom is 0.252 e. The highest BCUT2D eigenvalue weighted by Gasteiger charge is 2.45. The van der Waals surface area contributed by atoms with Gasteiger partial charge in [0.15, 0.2) is 23.0 Å². The number of para-hydroxylation sites is 2. The summed E-state index contributed by atoms with van der Waals surface area (Å²) in [5.41, 5.74) is 18.7. The van der Waals surface area contributed by atoms with Crippen LogP contribution in [0.15, 0.2) is 179 Å². The van der Waals surface area contributed by atoms with Gasteiger partial charge >= 0.3 is 0 Å². The van der Waals surface area contributed by atoms with E-state index >= 15 is 0 Å². The average Bonchev–Trinajstić information content (AvgIpc) is 3.97. The monoisotopic (exact) mass is 924 g/mol. The maximum absolute atomic E-state index is 6.47. The van der Waals surface area contributed by atoms with E-state index in [0.717, 1.165) is 129 Å². The molecule has 342 valence electrons. The molecule has 0 spiro atoms. The summed E-state index contributed by atoms with van der Waals surface area (Å²) in [6.45, 7) is 8.72. The Morgan fingerprint density at radius 1 is 0.380 bits per heavy atom. The summed E-state index contributed by atoms with van der Waals surface area (Å²) in [6, 6.07) is 61.2. The molecule has 0 fully saturated rings. The number of hydrogen-bond donors (Lipinski definition) is 0. The summed E-state index contributed by atoms with van der Waals surface area (Å²) in [7, 11) is 0. The van der Waals surface area contributed by atoms with Gasteiger partial charge in [0.25, 0.3) is 6.71 Å². The lowest BCUT2D eigenvalue weighted by Gasteiger charge is -2.45. The van der Waals surface area contributed by atoms with E-state index in [1.165, 1.54) is 16.5 Å². The molecular weight excluding hydrogens is 880 g/mol. The molecule has 0 radical (unpaired) electrons. The SMILES string of the molecule is CC(C)(C)c1cc2c3c(c1)N(c1ccc4c(c1)OCCO4)c1cc4c(cc1B3c1ccc(-c3ccc5c(c3)oc3ccccc35)cc1N2c1cccc(-c2ccc3c(c2)oc2ccccc23)c1)OCCO4. The summed E-state index contributed by atoms with van der Waals surface area (Å²) >= 11 is 0. The van der Waals surface area contributed by atoms with Crippen LogP contribution in [0, 0.1) is 0 Å². The van der Waals surface area contributed by atoms with Gasteiger partial charge in [-0.05, 0) is 135 Å². The van der Waals surface area contributed by atoms with E-state index in [4.69, 9.17) is 27.8 Å². The van der Waals surface area contributed by atoms with Crippen molar-refractivity contribution in [3.63, 3.8) is 0 Å². The molecule has 71 heavy (non-hydrogen) atoms. The Morgan fingerprint density at radius 2 is 0.901 bits per heavy atom. The first-order valence-corrected chi connectivity index (χ1v) is 24.5. The fourth-order valence-electron chi connectivity index (χ4n) is 11.5. The highest BCUT2D eigenvalue weighted by atomic mass is 16.6. The van der Waals surface area contributed by atoms with Gasteiger partial charge in [0, 0.05) is 62.1 Å². The molecule has 9 aromatic carbocycles. The molecule has 0 atom stereocenters. The Morgan fingerprint density at radius 3 is 1.55 bits per heavy atom. The fourth-order valence-corrected chi connectivity index (χ4v) is 11.5. The van der Waals surface area contributed by atoms with Gasteiger partial charge in [-0.15, -0.1) is 0 Å². The number of rotatable bonds is 4. The molecule has 0 aliphatic carbocycles. The number of fused-ring (bicyclic) bond motifs is 12. The van der Waals surface area contributed by atoms with Crippen molar-refractivity contribution < 1.29 is 27.8 Å². The van der Waals surface area contributed by atoms with Gasteiger partial charge in [-0.3, -0.25) is 0 Å². The molecule has 8 nitrogen and oxygen atoms in total. The van der Waals surface area contributed by atoms with E-state index < -0.39 is 0 Å². The molecule has 0 bridgehead atoms. The van der Waals surface area contributed by atoms with E-state index in [-0.39, 0.29) is 12.1 Å². The van der Waals surface area contributed by atoms with Crippen molar-refractivity contribution in [2.45, 2.75) is 26.2 Å². The number of nitrogens with zero attached hydrogens (tertiary/aromatic N) is 2. The quantitative estimate of drug-likeness (QED) is 0.162. The van der Waals surface area contributed by atoms with Crippen molar-refractivity contribution in [2.75, 3.05) is 36.2 Å². The van der Waals surface area contributed by atoms with Gasteiger partial charge < -0.3 is 37.6 Å². The normalized spacial score (nSPS) is 14.5. The third-order valence-electron chi connectivity index (χ3n) is 14.9. The predicted molar refractivity (Wildman–Crippen MR) is 287 cm³/mol. The van der Waals surface area contributed by atoms with Gasteiger partial charge in [-0.1, -0.05) is 93.6 Å². The number of anilines is 6. The zero-order valence-electron chi connectivity index (χ0n) is 39.4. The molecule has 4 aliphatic heterocycles. The van der Waals surface area contributed by atoms with E-state index in [0.29, 0.717) is 26.4 Å². The van der Waals surface area contributed by atoms with Gasteiger partial charge in [-0.2, -0.15) is 0 Å². The van der Waals surface area contributed by atoms with Gasteiger partial charge in [0.05, 0.1) is 5.69 Å². The smallest absolute Gasteiger partial charge is 0.252 e. The van der Waals surface area contributed by atoms with E-state index in [9.17, 15) is 0 Å². The van der Waals surface area contributed by atoms with Crippen molar-refractivity contribution in [1.29, 1.82) is 0 Å². The Hall–Kier alpha value is -8.56. The van der Waals surface area contributed by atoms with Crippen molar-refractivity contribution in [3.05, 3.63) is 175 Å². The van der Waals surface area contributed by atoms with Crippen LogP contribution in [0.2, 0.25) is 0 Å². The van der Waals surface area contributed by atoms with Crippen LogP contribution in [0.1, 0.15) is 26.3 Å². The standard InChI is InChI=1S/C62H45BN2O6/c1-62(2,3)40-31-51-61-52(32-40)65(42-18-22-55-58(33-42)67-24-23-66-55)50-35-60-59(68-25-26-69-60)34-48(50)63(61)47-21-17-37(39-16-20-46-44-12-5-7-14-54(44)71-57(46)30-39)28-49(47)64(51)41-10-8-9-36(27-41)38-15-19-45-43-11-4-6-13-53(43)70-56(45)29-38/h4-22,27-35H,23-26H2,1-3H3. The van der Waals surface area contributed by atoms with Crippen LogP contribution in [0.4, 0.5) is 34.1 Å². The highest BCUT2D eigenvalue weighted by molar-refractivity contribution is 7.00. The zero-order valence-corrected chi connectivity index (χ0v) is 39.4. The Labute approximate surface area is 410 Å². The number of benzene rings is 9.